The van der Waals surface area contributed by atoms with E-state index in [1.54, 1.807) is 12.1 Å². The van der Waals surface area contributed by atoms with Gasteiger partial charge in [0, 0.05) is 22.2 Å². The van der Waals surface area contributed by atoms with Crippen LogP contribution in [0, 0.1) is 0 Å². The first-order chi connectivity index (χ1) is 17.0. The van der Waals surface area contributed by atoms with Crippen LogP contribution in [0.15, 0.2) is 77.8 Å². The molecule has 6 nitrogen and oxygen atoms in total. The average Bonchev–Trinajstić information content (AvgIpc) is 2.91. The lowest BCUT2D eigenvalue weighted by molar-refractivity contribution is 0.0555. The molecule has 0 saturated carbocycles. The maximum absolute atomic E-state index is 12.7. The topological polar surface area (TPSA) is 77.9 Å². The summed E-state index contributed by atoms with van der Waals surface area (Å²) in [5, 5.41) is 1.01. The Bertz CT molecular complexity index is 1510. The van der Waals surface area contributed by atoms with Crippen LogP contribution in [0.5, 0.6) is 0 Å². The van der Waals surface area contributed by atoms with E-state index in [-0.39, 0.29) is 17.0 Å². The van der Waals surface area contributed by atoms with E-state index in [9.17, 15) is 9.59 Å². The third kappa shape index (κ3) is 4.08. The number of para-hydroxylation sites is 2. The molecular formula is C29H24N2O4. The molecule has 1 atom stereocenters. The zero-order valence-corrected chi connectivity index (χ0v) is 19.7. The molecule has 35 heavy (non-hydrogen) atoms. The first kappa shape index (κ1) is 22.5. The molecule has 1 aliphatic heterocycles. The smallest absolute Gasteiger partial charge is 0.338 e. The number of carbonyl (C=O) groups is 2. The summed E-state index contributed by atoms with van der Waals surface area (Å²) in [4.78, 5) is 35.2. The number of rotatable bonds is 4. The molecule has 0 amide bonds. The number of fused-ring (bicyclic) bond motifs is 2. The Balaban J connectivity index is 1.79. The predicted octanol–water partition coefficient (Wildman–Crippen LogP) is 6.10. The fourth-order valence-electron chi connectivity index (χ4n) is 4.59. The molecule has 0 bridgehead atoms. The molecule has 1 unspecified atom stereocenters. The zero-order chi connectivity index (χ0) is 24.5. The molecule has 4 aromatic rings. The molecular weight excluding hydrogens is 440 g/mol. The fourth-order valence-corrected chi connectivity index (χ4v) is 4.59. The Morgan fingerprint density at radius 2 is 1.49 bits per heavy atom. The summed E-state index contributed by atoms with van der Waals surface area (Å²) in [6, 6.07) is 23.2. The summed E-state index contributed by atoms with van der Waals surface area (Å²) >= 11 is 0. The third-order valence-electron chi connectivity index (χ3n) is 6.38. The second-order valence-corrected chi connectivity index (χ2v) is 8.54. The maximum atomic E-state index is 12.7. The minimum Gasteiger partial charge on any atom is -0.465 e. The molecule has 174 valence electrons. The molecule has 0 radical (unpaired) electrons. The SMILES string of the molecule is COC(=O)c1cc(C2=Nc3ccccc3C(C)C2)c(-c2ccc3ccccc3n2)cc1C(=O)OC. The highest BCUT2D eigenvalue weighted by Crippen LogP contribution is 2.38. The first-order valence-corrected chi connectivity index (χ1v) is 11.4. The van der Waals surface area contributed by atoms with E-state index in [0.29, 0.717) is 17.7 Å². The second kappa shape index (κ2) is 9.14. The molecule has 0 aliphatic carbocycles. The fraction of sp³-hybridized carbons (Fsp3) is 0.172. The van der Waals surface area contributed by atoms with Crippen molar-refractivity contribution in [3.8, 4) is 11.3 Å². The lowest BCUT2D eigenvalue weighted by Crippen LogP contribution is -2.17. The van der Waals surface area contributed by atoms with Crippen molar-refractivity contribution in [3.05, 3.63) is 95.1 Å². The molecule has 0 N–H and O–H groups in total. The van der Waals surface area contributed by atoms with Gasteiger partial charge in [0.05, 0.1) is 42.2 Å². The van der Waals surface area contributed by atoms with Crippen molar-refractivity contribution in [1.82, 2.24) is 4.98 Å². The van der Waals surface area contributed by atoms with Crippen molar-refractivity contribution in [2.24, 2.45) is 4.99 Å². The van der Waals surface area contributed by atoms with Crippen LogP contribution in [-0.2, 0) is 9.47 Å². The number of methoxy groups -OCH3 is 2. The van der Waals surface area contributed by atoms with Crippen LogP contribution in [0.1, 0.15) is 51.1 Å². The van der Waals surface area contributed by atoms with E-state index in [1.165, 1.54) is 19.8 Å². The number of hydrogen-bond donors (Lipinski definition) is 0. The van der Waals surface area contributed by atoms with Crippen LogP contribution in [0.2, 0.25) is 0 Å². The van der Waals surface area contributed by atoms with Gasteiger partial charge in [-0.05, 0) is 48.2 Å². The third-order valence-corrected chi connectivity index (χ3v) is 6.38. The van der Waals surface area contributed by atoms with Gasteiger partial charge in [-0.25, -0.2) is 14.6 Å². The minimum absolute atomic E-state index is 0.123. The summed E-state index contributed by atoms with van der Waals surface area (Å²) in [6.45, 7) is 2.16. The number of nitrogens with zero attached hydrogens (tertiary/aromatic N) is 2. The van der Waals surface area contributed by atoms with Gasteiger partial charge in [0.25, 0.3) is 0 Å². The number of aromatic nitrogens is 1. The number of carbonyl (C=O) groups excluding carboxylic acids is 2. The zero-order valence-electron chi connectivity index (χ0n) is 19.7. The molecule has 0 spiro atoms. The molecule has 0 saturated heterocycles. The molecule has 1 aliphatic rings. The Morgan fingerprint density at radius 3 is 2.23 bits per heavy atom. The summed E-state index contributed by atoms with van der Waals surface area (Å²) < 4.78 is 9.98. The van der Waals surface area contributed by atoms with E-state index in [4.69, 9.17) is 19.5 Å². The summed E-state index contributed by atoms with van der Waals surface area (Å²) in [7, 11) is 2.58. The summed E-state index contributed by atoms with van der Waals surface area (Å²) in [6.07, 6.45) is 0.676. The quantitative estimate of drug-likeness (QED) is 0.341. The van der Waals surface area contributed by atoms with E-state index in [1.807, 2.05) is 54.6 Å². The number of benzene rings is 3. The summed E-state index contributed by atoms with van der Waals surface area (Å²) in [5.41, 5.74) is 6.10. The van der Waals surface area contributed by atoms with Gasteiger partial charge < -0.3 is 9.47 Å². The van der Waals surface area contributed by atoms with Crippen molar-refractivity contribution in [2.75, 3.05) is 14.2 Å². The van der Waals surface area contributed by atoms with Gasteiger partial charge in [0.2, 0.25) is 0 Å². The highest BCUT2D eigenvalue weighted by molar-refractivity contribution is 6.12. The molecule has 1 aromatic heterocycles. The van der Waals surface area contributed by atoms with E-state index < -0.39 is 11.9 Å². The van der Waals surface area contributed by atoms with Gasteiger partial charge in [0.15, 0.2) is 0 Å². The monoisotopic (exact) mass is 464 g/mol. The van der Waals surface area contributed by atoms with Crippen LogP contribution in [0.4, 0.5) is 5.69 Å². The van der Waals surface area contributed by atoms with Crippen molar-refractivity contribution in [1.29, 1.82) is 0 Å². The van der Waals surface area contributed by atoms with Crippen LogP contribution in [-0.4, -0.2) is 36.9 Å². The lowest BCUT2D eigenvalue weighted by atomic mass is 9.85. The number of hydrogen-bond acceptors (Lipinski definition) is 6. The number of esters is 2. The maximum Gasteiger partial charge on any atom is 0.338 e. The van der Waals surface area contributed by atoms with Crippen molar-refractivity contribution >= 4 is 34.2 Å². The van der Waals surface area contributed by atoms with Crippen LogP contribution in [0.3, 0.4) is 0 Å². The number of ether oxygens (including phenoxy) is 2. The highest BCUT2D eigenvalue weighted by Gasteiger charge is 2.27. The number of pyridine rings is 1. The van der Waals surface area contributed by atoms with Gasteiger partial charge in [0.1, 0.15) is 0 Å². The largest absolute Gasteiger partial charge is 0.465 e. The Hall–Kier alpha value is -4.32. The second-order valence-electron chi connectivity index (χ2n) is 8.54. The van der Waals surface area contributed by atoms with Crippen molar-refractivity contribution in [3.63, 3.8) is 0 Å². The Kier molecular flexibility index (Phi) is 5.87. The average molecular weight is 465 g/mol. The molecule has 0 fully saturated rings. The van der Waals surface area contributed by atoms with E-state index in [2.05, 4.69) is 13.0 Å². The molecule has 5 rings (SSSR count). The highest BCUT2D eigenvalue weighted by atomic mass is 16.5. The van der Waals surface area contributed by atoms with E-state index >= 15 is 0 Å². The van der Waals surface area contributed by atoms with Crippen molar-refractivity contribution in [2.45, 2.75) is 19.3 Å². The van der Waals surface area contributed by atoms with Gasteiger partial charge in [-0.3, -0.25) is 4.99 Å². The molecule has 2 heterocycles. The number of aliphatic imine (C=N–C) groups is 1. The van der Waals surface area contributed by atoms with Gasteiger partial charge >= 0.3 is 11.9 Å². The molecule has 6 heteroatoms. The standard InChI is InChI=1S/C29H24N2O4/c1-17-14-27(31-25-11-7-5-9-19(17)25)21-16-23(29(33)35-3)22(28(32)34-2)15-20(21)26-13-12-18-8-4-6-10-24(18)30-26/h4-13,15-17H,14H2,1-3H3. The predicted molar refractivity (Wildman–Crippen MR) is 136 cm³/mol. The lowest BCUT2D eigenvalue weighted by Gasteiger charge is -2.24. The first-order valence-electron chi connectivity index (χ1n) is 11.4. The molecule has 3 aromatic carbocycles. The Morgan fingerprint density at radius 1 is 0.829 bits per heavy atom. The van der Waals surface area contributed by atoms with Gasteiger partial charge in [-0.15, -0.1) is 0 Å². The van der Waals surface area contributed by atoms with Crippen LogP contribution < -0.4 is 0 Å². The van der Waals surface area contributed by atoms with Crippen molar-refractivity contribution < 1.29 is 19.1 Å². The Labute approximate surface area is 203 Å². The van der Waals surface area contributed by atoms with Crippen LogP contribution >= 0.6 is 0 Å². The van der Waals surface area contributed by atoms with Gasteiger partial charge in [-0.1, -0.05) is 49.4 Å². The van der Waals surface area contributed by atoms with Crippen LogP contribution in [0.25, 0.3) is 22.2 Å². The normalized spacial score (nSPS) is 14.7. The summed E-state index contributed by atoms with van der Waals surface area (Å²) in [5.74, 6) is -1.00. The minimum atomic E-state index is -0.622. The van der Waals surface area contributed by atoms with E-state index in [0.717, 1.165) is 27.9 Å². The van der Waals surface area contributed by atoms with Gasteiger partial charge in [-0.2, -0.15) is 0 Å².